The van der Waals surface area contributed by atoms with Gasteiger partial charge in [-0.25, -0.2) is 9.59 Å². The molecule has 1 heterocycles. The molecule has 1 aromatic heterocycles. The summed E-state index contributed by atoms with van der Waals surface area (Å²) in [5.41, 5.74) is -0.247. The fraction of sp³-hybridized carbons (Fsp3) is 0.500. The highest BCUT2D eigenvalue weighted by atomic mass is 35.5. The third-order valence-corrected chi connectivity index (χ3v) is 4.73. The Hall–Kier alpha value is -2.15. The van der Waals surface area contributed by atoms with Crippen molar-refractivity contribution >= 4 is 17.6 Å². The number of hydrogen-bond acceptors (Lipinski definition) is 4. The van der Waals surface area contributed by atoms with Gasteiger partial charge in [0, 0.05) is 6.54 Å². The standard InChI is InChI=1S/C16H20ClN5O2/c17-13-8-4-5-9-14(13)21-16(24)22(20-19-21)15(23)18-11-10-12-6-2-1-3-7-12/h4-5,8-9,12H,1-3,6-7,10-11H2,(H,18,23). The maximum absolute atomic E-state index is 12.3. The van der Waals surface area contributed by atoms with Gasteiger partial charge in [0.1, 0.15) is 0 Å². The maximum Gasteiger partial charge on any atom is 0.377 e. The molecule has 0 atom stereocenters. The SMILES string of the molecule is O=C(NCCC1CCCCC1)n1nnn(-c2ccccc2Cl)c1=O. The Morgan fingerprint density at radius 3 is 2.71 bits per heavy atom. The van der Waals surface area contributed by atoms with Gasteiger partial charge in [0.25, 0.3) is 0 Å². The Labute approximate surface area is 144 Å². The molecule has 7 nitrogen and oxygen atoms in total. The minimum atomic E-state index is -0.640. The van der Waals surface area contributed by atoms with Crippen LogP contribution in [0.3, 0.4) is 0 Å². The van der Waals surface area contributed by atoms with Crippen molar-refractivity contribution in [2.45, 2.75) is 38.5 Å². The van der Waals surface area contributed by atoms with E-state index >= 15 is 0 Å². The number of para-hydroxylation sites is 1. The Kier molecular flexibility index (Phi) is 5.30. The summed E-state index contributed by atoms with van der Waals surface area (Å²) >= 11 is 6.05. The van der Waals surface area contributed by atoms with Gasteiger partial charge >= 0.3 is 11.7 Å². The van der Waals surface area contributed by atoms with E-state index in [2.05, 4.69) is 15.7 Å². The van der Waals surface area contributed by atoms with Crippen LogP contribution in [0.5, 0.6) is 0 Å². The molecule has 0 unspecified atom stereocenters. The lowest BCUT2D eigenvalue weighted by Crippen LogP contribution is -2.38. The largest absolute Gasteiger partial charge is 0.377 e. The number of hydrogen-bond donors (Lipinski definition) is 1. The van der Waals surface area contributed by atoms with Crippen molar-refractivity contribution in [3.05, 3.63) is 39.8 Å². The van der Waals surface area contributed by atoms with Gasteiger partial charge in [0.2, 0.25) is 0 Å². The molecule has 0 radical (unpaired) electrons. The number of benzene rings is 1. The van der Waals surface area contributed by atoms with Crippen molar-refractivity contribution in [2.75, 3.05) is 6.54 Å². The highest BCUT2D eigenvalue weighted by molar-refractivity contribution is 6.32. The third kappa shape index (κ3) is 3.67. The van der Waals surface area contributed by atoms with E-state index in [0.29, 0.717) is 23.2 Å². The normalized spacial score (nSPS) is 15.4. The van der Waals surface area contributed by atoms with Gasteiger partial charge in [-0.15, -0.1) is 4.68 Å². The number of carbonyl (C=O) groups excluding carboxylic acids is 1. The van der Waals surface area contributed by atoms with Crippen molar-refractivity contribution in [2.24, 2.45) is 5.92 Å². The van der Waals surface area contributed by atoms with Crippen LogP contribution in [-0.4, -0.2) is 32.4 Å². The monoisotopic (exact) mass is 349 g/mol. The van der Waals surface area contributed by atoms with E-state index in [9.17, 15) is 9.59 Å². The minimum absolute atomic E-state index is 0.365. The Morgan fingerprint density at radius 2 is 1.96 bits per heavy atom. The van der Waals surface area contributed by atoms with Crippen molar-refractivity contribution in [1.29, 1.82) is 0 Å². The first-order chi connectivity index (χ1) is 11.7. The van der Waals surface area contributed by atoms with Crippen LogP contribution in [0.15, 0.2) is 29.1 Å². The number of aromatic nitrogens is 4. The number of nitrogens with one attached hydrogen (secondary N) is 1. The molecule has 1 aliphatic carbocycles. The lowest BCUT2D eigenvalue weighted by molar-refractivity contribution is 0.236. The Balaban J connectivity index is 1.64. The first-order valence-electron chi connectivity index (χ1n) is 8.25. The van der Waals surface area contributed by atoms with E-state index in [1.165, 1.54) is 32.1 Å². The van der Waals surface area contributed by atoms with Gasteiger partial charge in [-0.3, -0.25) is 0 Å². The minimum Gasteiger partial charge on any atom is -0.336 e. The van der Waals surface area contributed by atoms with Crippen LogP contribution in [-0.2, 0) is 0 Å². The first kappa shape index (κ1) is 16.7. The van der Waals surface area contributed by atoms with Crippen LogP contribution < -0.4 is 11.0 Å². The lowest BCUT2D eigenvalue weighted by Gasteiger charge is -2.21. The molecule has 1 aliphatic rings. The number of nitrogens with zero attached hydrogens (tertiary/aromatic N) is 4. The van der Waals surface area contributed by atoms with Crippen LogP contribution in [0, 0.1) is 5.92 Å². The molecule has 0 bridgehead atoms. The van der Waals surface area contributed by atoms with E-state index in [0.717, 1.165) is 15.8 Å². The van der Waals surface area contributed by atoms with Gasteiger partial charge in [0.05, 0.1) is 10.7 Å². The van der Waals surface area contributed by atoms with Gasteiger partial charge in [-0.2, -0.15) is 4.68 Å². The molecule has 1 aromatic carbocycles. The molecule has 1 N–H and O–H groups in total. The summed E-state index contributed by atoms with van der Waals surface area (Å²) in [6.07, 6.45) is 7.22. The quantitative estimate of drug-likeness (QED) is 0.860. The summed E-state index contributed by atoms with van der Waals surface area (Å²) in [6.45, 7) is 0.537. The first-order valence-corrected chi connectivity index (χ1v) is 8.63. The predicted octanol–water partition coefficient (Wildman–Crippen LogP) is 2.61. The second-order valence-corrected chi connectivity index (χ2v) is 6.47. The zero-order valence-corrected chi connectivity index (χ0v) is 14.1. The molecule has 0 saturated heterocycles. The molecule has 1 fully saturated rings. The molecule has 8 heteroatoms. The van der Waals surface area contributed by atoms with Gasteiger partial charge in [0.15, 0.2) is 0 Å². The topological polar surface area (TPSA) is 81.8 Å². The van der Waals surface area contributed by atoms with Crippen molar-refractivity contribution in [3.63, 3.8) is 0 Å². The highest BCUT2D eigenvalue weighted by Gasteiger charge is 2.17. The second kappa shape index (κ2) is 7.61. The number of carbonyl (C=O) groups is 1. The van der Waals surface area contributed by atoms with E-state index < -0.39 is 11.7 Å². The summed E-state index contributed by atoms with van der Waals surface area (Å²) in [6, 6.07) is 6.21. The Morgan fingerprint density at radius 1 is 1.21 bits per heavy atom. The van der Waals surface area contributed by atoms with E-state index in [1.807, 2.05) is 0 Å². The van der Waals surface area contributed by atoms with E-state index in [-0.39, 0.29) is 0 Å². The van der Waals surface area contributed by atoms with Gasteiger partial charge in [-0.1, -0.05) is 55.8 Å². The fourth-order valence-corrected chi connectivity index (χ4v) is 3.30. The summed E-state index contributed by atoms with van der Waals surface area (Å²) in [5, 5.41) is 10.5. The highest BCUT2D eigenvalue weighted by Crippen LogP contribution is 2.25. The van der Waals surface area contributed by atoms with Crippen molar-refractivity contribution < 1.29 is 4.79 Å². The summed E-state index contributed by atoms with van der Waals surface area (Å²) in [5.74, 6) is 0.662. The molecule has 1 saturated carbocycles. The summed E-state index contributed by atoms with van der Waals surface area (Å²) < 4.78 is 1.74. The zero-order valence-electron chi connectivity index (χ0n) is 13.3. The van der Waals surface area contributed by atoms with Gasteiger partial charge in [-0.05, 0) is 34.9 Å². The van der Waals surface area contributed by atoms with Crippen molar-refractivity contribution in [1.82, 2.24) is 25.1 Å². The Bertz CT molecular complexity index is 764. The second-order valence-electron chi connectivity index (χ2n) is 6.06. The number of rotatable bonds is 4. The number of halogens is 1. The fourth-order valence-electron chi connectivity index (χ4n) is 3.08. The zero-order chi connectivity index (χ0) is 16.9. The van der Waals surface area contributed by atoms with Crippen LogP contribution in [0.1, 0.15) is 38.5 Å². The lowest BCUT2D eigenvalue weighted by atomic mass is 9.87. The number of tetrazole rings is 1. The predicted molar refractivity (Wildman–Crippen MR) is 90.6 cm³/mol. The molecule has 3 rings (SSSR count). The molecule has 0 aliphatic heterocycles. The van der Waals surface area contributed by atoms with Crippen LogP contribution in [0.4, 0.5) is 4.79 Å². The van der Waals surface area contributed by atoms with E-state index in [1.54, 1.807) is 24.3 Å². The van der Waals surface area contributed by atoms with Crippen molar-refractivity contribution in [3.8, 4) is 5.69 Å². The molecular weight excluding hydrogens is 330 g/mol. The molecule has 1 amide bonds. The molecule has 0 spiro atoms. The number of amides is 1. The summed E-state index contributed by atoms with van der Waals surface area (Å²) in [4.78, 5) is 24.4. The summed E-state index contributed by atoms with van der Waals surface area (Å²) in [7, 11) is 0. The van der Waals surface area contributed by atoms with E-state index in [4.69, 9.17) is 11.6 Å². The average Bonchev–Trinajstić information content (AvgIpc) is 2.98. The third-order valence-electron chi connectivity index (χ3n) is 4.41. The van der Waals surface area contributed by atoms with Crippen LogP contribution >= 0.6 is 11.6 Å². The molecular formula is C16H20ClN5O2. The molecule has 128 valence electrons. The smallest absolute Gasteiger partial charge is 0.336 e. The van der Waals surface area contributed by atoms with Crippen LogP contribution in [0.25, 0.3) is 5.69 Å². The van der Waals surface area contributed by atoms with Crippen LogP contribution in [0.2, 0.25) is 5.02 Å². The molecule has 2 aromatic rings. The molecule has 24 heavy (non-hydrogen) atoms. The maximum atomic E-state index is 12.3. The average molecular weight is 350 g/mol. The van der Waals surface area contributed by atoms with Gasteiger partial charge < -0.3 is 5.32 Å².